The molecule has 4 rings (SSSR count). The van der Waals surface area contributed by atoms with E-state index in [-0.39, 0.29) is 19.1 Å². The lowest BCUT2D eigenvalue weighted by molar-refractivity contribution is -0.130. The Hall–Kier alpha value is -3.40. The minimum Gasteiger partial charge on any atom is -0.445 e. The van der Waals surface area contributed by atoms with Crippen LogP contribution in [-0.2, 0) is 20.9 Å². The fourth-order valence-corrected chi connectivity index (χ4v) is 3.71. The van der Waals surface area contributed by atoms with Gasteiger partial charge in [-0.2, -0.15) is 5.10 Å². The number of anilines is 2. The van der Waals surface area contributed by atoms with E-state index in [0.717, 1.165) is 30.2 Å². The van der Waals surface area contributed by atoms with Gasteiger partial charge in [-0.05, 0) is 5.56 Å². The number of ether oxygens (including phenoxy) is 2. The van der Waals surface area contributed by atoms with E-state index in [1.54, 1.807) is 11.1 Å². The van der Waals surface area contributed by atoms with Gasteiger partial charge in [-0.25, -0.2) is 4.79 Å². The number of benzene rings is 1. The van der Waals surface area contributed by atoms with Crippen molar-refractivity contribution in [2.45, 2.75) is 6.61 Å². The second-order valence-electron chi connectivity index (χ2n) is 7.65. The number of aromatic nitrogens is 2. The number of hydrogen-bond donors (Lipinski definition) is 1. The molecule has 0 atom stereocenters. The van der Waals surface area contributed by atoms with E-state index in [9.17, 15) is 9.59 Å². The zero-order valence-corrected chi connectivity index (χ0v) is 18.0. The van der Waals surface area contributed by atoms with Crippen LogP contribution < -0.4 is 15.1 Å². The molecule has 3 heterocycles. The molecule has 2 aliphatic rings. The molecular formula is C22H28N6O4. The molecule has 0 radical (unpaired) electrons. The van der Waals surface area contributed by atoms with Crippen LogP contribution in [0.4, 0.5) is 16.3 Å². The first-order valence-electron chi connectivity index (χ1n) is 10.8. The highest BCUT2D eigenvalue weighted by Crippen LogP contribution is 2.21. The number of nitrogens with zero attached hydrogens (tertiary/aromatic N) is 5. The normalized spacial score (nSPS) is 16.6. The smallest absolute Gasteiger partial charge is 0.407 e. The highest BCUT2D eigenvalue weighted by molar-refractivity contribution is 5.82. The zero-order chi connectivity index (χ0) is 22.2. The van der Waals surface area contributed by atoms with Crippen molar-refractivity contribution in [1.29, 1.82) is 0 Å². The van der Waals surface area contributed by atoms with Crippen LogP contribution in [0.15, 0.2) is 42.6 Å². The number of morpholine rings is 1. The lowest BCUT2D eigenvalue weighted by atomic mass is 10.2. The summed E-state index contributed by atoms with van der Waals surface area (Å²) in [6.07, 6.45) is 1.17. The number of amides is 2. The van der Waals surface area contributed by atoms with Crippen molar-refractivity contribution in [2.24, 2.45) is 0 Å². The van der Waals surface area contributed by atoms with Gasteiger partial charge in [0.25, 0.3) is 0 Å². The van der Waals surface area contributed by atoms with Gasteiger partial charge in [0, 0.05) is 45.3 Å². The van der Waals surface area contributed by atoms with Crippen molar-refractivity contribution in [1.82, 2.24) is 20.4 Å². The van der Waals surface area contributed by atoms with E-state index in [1.165, 1.54) is 0 Å². The quantitative estimate of drug-likeness (QED) is 0.707. The van der Waals surface area contributed by atoms with E-state index in [0.29, 0.717) is 39.4 Å². The van der Waals surface area contributed by atoms with Gasteiger partial charge in [0.1, 0.15) is 13.2 Å². The molecule has 2 aliphatic heterocycles. The van der Waals surface area contributed by atoms with Crippen LogP contribution in [0, 0.1) is 0 Å². The van der Waals surface area contributed by atoms with Crippen molar-refractivity contribution in [2.75, 3.05) is 68.8 Å². The first-order valence-corrected chi connectivity index (χ1v) is 10.8. The van der Waals surface area contributed by atoms with Crippen molar-refractivity contribution in [3.8, 4) is 0 Å². The molecule has 170 valence electrons. The molecule has 0 bridgehead atoms. The van der Waals surface area contributed by atoms with Crippen LogP contribution in [0.1, 0.15) is 5.56 Å². The van der Waals surface area contributed by atoms with Gasteiger partial charge >= 0.3 is 6.09 Å². The number of carbonyl (C=O) groups excluding carboxylic acids is 2. The summed E-state index contributed by atoms with van der Waals surface area (Å²) in [5.41, 5.74) is 1.93. The van der Waals surface area contributed by atoms with Gasteiger partial charge in [0.15, 0.2) is 5.82 Å². The van der Waals surface area contributed by atoms with Crippen LogP contribution >= 0.6 is 0 Å². The summed E-state index contributed by atoms with van der Waals surface area (Å²) in [7, 11) is 0. The molecule has 0 unspecified atom stereocenters. The molecule has 1 N–H and O–H groups in total. The van der Waals surface area contributed by atoms with Crippen molar-refractivity contribution >= 4 is 23.5 Å². The zero-order valence-electron chi connectivity index (χ0n) is 18.0. The number of nitrogens with one attached hydrogen (secondary N) is 1. The molecule has 10 heteroatoms. The Morgan fingerprint density at radius 1 is 1.00 bits per heavy atom. The van der Waals surface area contributed by atoms with Crippen molar-refractivity contribution in [3.63, 3.8) is 0 Å². The Balaban J connectivity index is 1.20. The number of alkyl carbamates (subject to hydrolysis) is 1. The summed E-state index contributed by atoms with van der Waals surface area (Å²) in [6.45, 7) is 5.63. The molecule has 1 aromatic heterocycles. The van der Waals surface area contributed by atoms with Gasteiger partial charge in [-0.3, -0.25) is 4.79 Å². The van der Waals surface area contributed by atoms with Gasteiger partial charge in [0.2, 0.25) is 5.91 Å². The molecule has 2 fully saturated rings. The van der Waals surface area contributed by atoms with Crippen LogP contribution in [0.2, 0.25) is 0 Å². The molecule has 1 aromatic carbocycles. The van der Waals surface area contributed by atoms with Crippen LogP contribution in [-0.4, -0.2) is 86.1 Å². The molecule has 2 amide bonds. The average Bonchev–Trinajstić information content (AvgIpc) is 2.87. The summed E-state index contributed by atoms with van der Waals surface area (Å²) >= 11 is 0. The Morgan fingerprint density at radius 2 is 1.75 bits per heavy atom. The molecule has 0 aliphatic carbocycles. The first-order chi connectivity index (χ1) is 15.7. The molecule has 2 saturated heterocycles. The highest BCUT2D eigenvalue weighted by atomic mass is 16.5. The minimum atomic E-state index is -0.601. The number of hydrogen-bond acceptors (Lipinski definition) is 8. The van der Waals surface area contributed by atoms with Gasteiger partial charge in [-0.1, -0.05) is 30.3 Å². The lowest BCUT2D eigenvalue weighted by Crippen LogP contribution is -2.51. The average molecular weight is 441 g/mol. The third kappa shape index (κ3) is 5.85. The molecule has 32 heavy (non-hydrogen) atoms. The van der Waals surface area contributed by atoms with E-state index < -0.39 is 6.09 Å². The van der Waals surface area contributed by atoms with Gasteiger partial charge in [-0.15, -0.1) is 5.10 Å². The second-order valence-corrected chi connectivity index (χ2v) is 7.65. The third-order valence-corrected chi connectivity index (χ3v) is 5.56. The van der Waals surface area contributed by atoms with E-state index >= 15 is 0 Å². The third-order valence-electron chi connectivity index (χ3n) is 5.56. The topological polar surface area (TPSA) is 100 Å². The lowest BCUT2D eigenvalue weighted by Gasteiger charge is -2.35. The summed E-state index contributed by atoms with van der Waals surface area (Å²) < 4.78 is 10.6. The van der Waals surface area contributed by atoms with E-state index in [2.05, 4.69) is 25.3 Å². The summed E-state index contributed by atoms with van der Waals surface area (Å²) in [5.74, 6) is 0.679. The van der Waals surface area contributed by atoms with Gasteiger partial charge < -0.3 is 29.5 Å². The number of carbonyl (C=O) groups is 2. The maximum atomic E-state index is 12.5. The van der Waals surface area contributed by atoms with Crippen molar-refractivity contribution < 1.29 is 19.1 Å². The fourth-order valence-electron chi connectivity index (χ4n) is 3.71. The predicted molar refractivity (Wildman–Crippen MR) is 118 cm³/mol. The SMILES string of the molecule is O=C(NCC(=O)N1CCN(c2cc(N3CCOCC3)cnn2)CC1)OCc1ccccc1. The maximum absolute atomic E-state index is 12.5. The Bertz CT molecular complexity index is 898. The fraction of sp³-hybridized carbons (Fsp3) is 0.455. The summed E-state index contributed by atoms with van der Waals surface area (Å²) in [6, 6.07) is 11.4. The van der Waals surface area contributed by atoms with Crippen LogP contribution in [0.5, 0.6) is 0 Å². The Labute approximate surface area is 187 Å². The van der Waals surface area contributed by atoms with E-state index in [4.69, 9.17) is 9.47 Å². The Morgan fingerprint density at radius 3 is 2.50 bits per heavy atom. The summed E-state index contributed by atoms with van der Waals surface area (Å²) in [5, 5.41) is 11.0. The molecule has 0 spiro atoms. The van der Waals surface area contributed by atoms with E-state index in [1.807, 2.05) is 36.4 Å². The van der Waals surface area contributed by atoms with Gasteiger partial charge in [0.05, 0.1) is 25.1 Å². The second kappa shape index (κ2) is 10.8. The van der Waals surface area contributed by atoms with Crippen LogP contribution in [0.3, 0.4) is 0 Å². The number of rotatable bonds is 6. The predicted octanol–water partition coefficient (Wildman–Crippen LogP) is 0.888. The first kappa shape index (κ1) is 21.8. The minimum absolute atomic E-state index is 0.0834. The number of piperazine rings is 1. The maximum Gasteiger partial charge on any atom is 0.407 e. The molecule has 10 nitrogen and oxygen atoms in total. The molecule has 0 saturated carbocycles. The molecular weight excluding hydrogens is 412 g/mol. The van der Waals surface area contributed by atoms with Crippen molar-refractivity contribution in [3.05, 3.63) is 48.2 Å². The Kier molecular flexibility index (Phi) is 7.34. The summed E-state index contributed by atoms with van der Waals surface area (Å²) in [4.78, 5) is 30.4. The van der Waals surface area contributed by atoms with Crippen LogP contribution in [0.25, 0.3) is 0 Å². The largest absolute Gasteiger partial charge is 0.445 e. The monoisotopic (exact) mass is 440 g/mol. The standard InChI is InChI=1S/C22H28N6O4/c29-21(16-23-22(30)32-17-18-4-2-1-3-5-18)28-8-6-27(7-9-28)20-14-19(15-24-25-20)26-10-12-31-13-11-26/h1-5,14-15H,6-13,16-17H2,(H,23,30). The molecule has 2 aromatic rings. The highest BCUT2D eigenvalue weighted by Gasteiger charge is 2.23.